The highest BCUT2D eigenvalue weighted by Crippen LogP contribution is 2.25. The number of carbonyl (C=O) groups is 1. The fourth-order valence-electron chi connectivity index (χ4n) is 2.52. The van der Waals surface area contributed by atoms with Crippen LogP contribution in [0.25, 0.3) is 0 Å². The third-order valence-corrected chi connectivity index (χ3v) is 5.26. The van der Waals surface area contributed by atoms with Gasteiger partial charge in [-0.2, -0.15) is 0 Å². The Morgan fingerprint density at radius 2 is 1.88 bits per heavy atom. The highest BCUT2D eigenvalue weighted by atomic mass is 32.2. The van der Waals surface area contributed by atoms with E-state index in [1.807, 2.05) is 0 Å². The number of aryl methyl sites for hydroxylation is 1. The van der Waals surface area contributed by atoms with E-state index in [1.165, 1.54) is 13.2 Å². The number of sulfonamides is 1. The van der Waals surface area contributed by atoms with Crippen molar-refractivity contribution in [2.24, 2.45) is 0 Å². The topological polar surface area (TPSA) is 95.5 Å². The minimum Gasteiger partial charge on any atom is -0.550 e. The Balaban J connectivity index is 2.24. The molecule has 2 aromatic carbocycles. The van der Waals surface area contributed by atoms with Crippen molar-refractivity contribution in [3.63, 3.8) is 0 Å². The molecule has 2 aromatic rings. The standard InChI is InChI=1S/C18H21NO5S/c1-13-8-9-16(24-2)17(10-13)25(22,23)19-12-15(11-18(20)21)14-6-4-3-5-7-14/h3-10,15,19H,11-12H2,1-2H3,(H,20,21)/p-1/t15-/m1/s1. The summed E-state index contributed by atoms with van der Waals surface area (Å²) >= 11 is 0. The van der Waals surface area contributed by atoms with Gasteiger partial charge >= 0.3 is 0 Å². The minimum atomic E-state index is -3.85. The molecule has 0 amide bonds. The van der Waals surface area contributed by atoms with Gasteiger partial charge in [0.05, 0.1) is 7.11 Å². The maximum absolute atomic E-state index is 12.6. The molecule has 0 bridgehead atoms. The molecule has 0 aliphatic rings. The summed E-state index contributed by atoms with van der Waals surface area (Å²) in [6.45, 7) is 1.72. The SMILES string of the molecule is COc1ccc(C)cc1S(=O)(=O)NC[C@@H](CC(=O)[O-])c1ccccc1. The lowest BCUT2D eigenvalue weighted by Gasteiger charge is -2.19. The van der Waals surface area contributed by atoms with Crippen LogP contribution in [0.5, 0.6) is 5.75 Å². The van der Waals surface area contributed by atoms with Crippen LogP contribution in [0.3, 0.4) is 0 Å². The predicted octanol–water partition coefficient (Wildman–Crippen LogP) is 1.21. The molecule has 0 radical (unpaired) electrons. The number of hydrogen-bond donors (Lipinski definition) is 1. The van der Waals surface area contributed by atoms with Crippen molar-refractivity contribution >= 4 is 16.0 Å². The van der Waals surface area contributed by atoms with Crippen molar-refractivity contribution in [2.45, 2.75) is 24.2 Å². The van der Waals surface area contributed by atoms with Crippen molar-refractivity contribution in [3.05, 3.63) is 59.7 Å². The fourth-order valence-corrected chi connectivity index (χ4v) is 3.85. The van der Waals surface area contributed by atoms with Gasteiger partial charge in [-0.15, -0.1) is 0 Å². The van der Waals surface area contributed by atoms with Crippen LogP contribution in [0, 0.1) is 6.92 Å². The summed E-state index contributed by atoms with van der Waals surface area (Å²) in [5, 5.41) is 11.0. The van der Waals surface area contributed by atoms with E-state index in [0.29, 0.717) is 0 Å². The van der Waals surface area contributed by atoms with Crippen LogP contribution in [0.4, 0.5) is 0 Å². The number of benzene rings is 2. The van der Waals surface area contributed by atoms with E-state index in [0.717, 1.165) is 11.1 Å². The molecule has 1 N–H and O–H groups in total. The van der Waals surface area contributed by atoms with Gasteiger partial charge in [-0.3, -0.25) is 0 Å². The first-order chi connectivity index (χ1) is 11.8. The van der Waals surface area contributed by atoms with Crippen molar-refractivity contribution in [1.29, 1.82) is 0 Å². The van der Waals surface area contributed by atoms with Crippen LogP contribution in [-0.2, 0) is 14.8 Å². The van der Waals surface area contributed by atoms with Crippen LogP contribution in [0.2, 0.25) is 0 Å². The Labute approximate surface area is 147 Å². The molecule has 7 heteroatoms. The first-order valence-corrected chi connectivity index (χ1v) is 9.21. The smallest absolute Gasteiger partial charge is 0.244 e. The number of ether oxygens (including phenoxy) is 1. The molecule has 0 aliphatic carbocycles. The predicted molar refractivity (Wildman–Crippen MR) is 91.7 cm³/mol. The summed E-state index contributed by atoms with van der Waals surface area (Å²) in [5.74, 6) is -1.53. The lowest BCUT2D eigenvalue weighted by atomic mass is 9.96. The maximum Gasteiger partial charge on any atom is 0.244 e. The highest BCUT2D eigenvalue weighted by molar-refractivity contribution is 7.89. The van der Waals surface area contributed by atoms with E-state index < -0.39 is 21.9 Å². The number of methoxy groups -OCH3 is 1. The quantitative estimate of drug-likeness (QED) is 0.761. The molecule has 0 aromatic heterocycles. The van der Waals surface area contributed by atoms with Gasteiger partial charge in [-0.1, -0.05) is 36.4 Å². The highest BCUT2D eigenvalue weighted by Gasteiger charge is 2.22. The van der Waals surface area contributed by atoms with Gasteiger partial charge in [-0.25, -0.2) is 13.1 Å². The number of carbonyl (C=O) groups excluding carboxylic acids is 1. The Morgan fingerprint density at radius 3 is 2.48 bits per heavy atom. The van der Waals surface area contributed by atoms with E-state index in [9.17, 15) is 18.3 Å². The molecule has 0 saturated carbocycles. The molecule has 25 heavy (non-hydrogen) atoms. The zero-order chi connectivity index (χ0) is 18.4. The summed E-state index contributed by atoms with van der Waals surface area (Å²) in [5.41, 5.74) is 1.50. The Hall–Kier alpha value is -2.38. The average Bonchev–Trinajstić information content (AvgIpc) is 2.59. The molecule has 0 heterocycles. The second-order valence-electron chi connectivity index (χ2n) is 5.69. The van der Waals surface area contributed by atoms with Gasteiger partial charge in [-0.05, 0) is 36.6 Å². The van der Waals surface area contributed by atoms with Gasteiger partial charge < -0.3 is 14.6 Å². The summed E-state index contributed by atoms with van der Waals surface area (Å²) in [6.07, 6.45) is -0.280. The van der Waals surface area contributed by atoms with E-state index >= 15 is 0 Å². The number of aliphatic carboxylic acids is 1. The molecule has 0 fully saturated rings. The third kappa shape index (κ3) is 5.04. The molecule has 2 rings (SSSR count). The first kappa shape index (κ1) is 19.0. The van der Waals surface area contributed by atoms with Crippen LogP contribution in [0.1, 0.15) is 23.5 Å². The van der Waals surface area contributed by atoms with Crippen molar-refractivity contribution in [2.75, 3.05) is 13.7 Å². The molecule has 134 valence electrons. The number of carboxylic acids is 1. The number of hydrogen-bond acceptors (Lipinski definition) is 5. The zero-order valence-electron chi connectivity index (χ0n) is 14.1. The van der Waals surface area contributed by atoms with Crippen molar-refractivity contribution < 1.29 is 23.1 Å². The minimum absolute atomic E-state index is 0.0234. The second-order valence-corrected chi connectivity index (χ2v) is 7.43. The summed E-state index contributed by atoms with van der Waals surface area (Å²) < 4.78 is 32.9. The summed E-state index contributed by atoms with van der Waals surface area (Å²) in [6, 6.07) is 13.7. The van der Waals surface area contributed by atoms with E-state index in [-0.39, 0.29) is 23.6 Å². The third-order valence-electron chi connectivity index (χ3n) is 3.81. The zero-order valence-corrected chi connectivity index (χ0v) is 14.9. The normalized spacial score (nSPS) is 12.6. The van der Waals surface area contributed by atoms with Gasteiger partial charge in [0.25, 0.3) is 0 Å². The number of nitrogens with one attached hydrogen (secondary N) is 1. The van der Waals surface area contributed by atoms with E-state index in [4.69, 9.17) is 4.74 Å². The Bertz CT molecular complexity index is 834. The summed E-state index contributed by atoms with van der Waals surface area (Å²) in [4.78, 5) is 11.0. The monoisotopic (exact) mass is 362 g/mol. The van der Waals surface area contributed by atoms with Gasteiger partial charge in [0.1, 0.15) is 10.6 Å². The fraction of sp³-hybridized carbons (Fsp3) is 0.278. The van der Waals surface area contributed by atoms with Gasteiger partial charge in [0, 0.05) is 18.4 Å². The molecule has 0 unspecified atom stereocenters. The summed E-state index contributed by atoms with van der Waals surface area (Å²) in [7, 11) is -2.46. The molecular weight excluding hydrogens is 342 g/mol. The van der Waals surface area contributed by atoms with Crippen LogP contribution < -0.4 is 14.6 Å². The molecular formula is C18H20NO5S-. The second kappa shape index (κ2) is 8.13. The van der Waals surface area contributed by atoms with Crippen LogP contribution in [0.15, 0.2) is 53.4 Å². The van der Waals surface area contributed by atoms with Crippen molar-refractivity contribution in [1.82, 2.24) is 4.72 Å². The lowest BCUT2D eigenvalue weighted by Crippen LogP contribution is -2.32. The van der Waals surface area contributed by atoms with Crippen molar-refractivity contribution in [3.8, 4) is 5.75 Å². The molecule has 0 aliphatic heterocycles. The van der Waals surface area contributed by atoms with Crippen LogP contribution in [-0.4, -0.2) is 28.0 Å². The Morgan fingerprint density at radius 1 is 1.20 bits per heavy atom. The first-order valence-electron chi connectivity index (χ1n) is 7.72. The maximum atomic E-state index is 12.6. The molecule has 0 saturated heterocycles. The molecule has 6 nitrogen and oxygen atoms in total. The van der Waals surface area contributed by atoms with Gasteiger partial charge in [0.2, 0.25) is 10.0 Å². The lowest BCUT2D eigenvalue weighted by molar-refractivity contribution is -0.306. The number of rotatable bonds is 8. The average molecular weight is 362 g/mol. The van der Waals surface area contributed by atoms with Gasteiger partial charge in [0.15, 0.2) is 0 Å². The number of carboxylic acid groups (broad SMARTS) is 1. The molecule has 0 spiro atoms. The van der Waals surface area contributed by atoms with E-state index in [1.54, 1.807) is 49.4 Å². The molecule has 1 atom stereocenters. The van der Waals surface area contributed by atoms with Crippen LogP contribution >= 0.6 is 0 Å². The Kier molecular flexibility index (Phi) is 6.17. The van der Waals surface area contributed by atoms with E-state index in [2.05, 4.69) is 4.72 Å². The largest absolute Gasteiger partial charge is 0.550 e.